The Balaban J connectivity index is 2.38. The molecule has 0 aromatic rings. The molecule has 0 fully saturated rings. The molecule has 0 aromatic carbocycles. The van der Waals surface area contributed by atoms with Gasteiger partial charge in [-0.25, -0.2) is 4.72 Å². The standard InChI is InChI=1S/C2H5N3S/c1-2-3-5-6-4-2/h2,4H,1H3. The number of nitrogens with zero attached hydrogens (tertiary/aromatic N) is 2. The van der Waals surface area contributed by atoms with E-state index in [1.807, 2.05) is 6.92 Å². The van der Waals surface area contributed by atoms with Gasteiger partial charge in [-0.1, -0.05) is 0 Å². The van der Waals surface area contributed by atoms with Crippen LogP contribution in [0.4, 0.5) is 0 Å². The molecule has 1 N–H and O–H groups in total. The second-order valence-electron chi connectivity index (χ2n) is 1.08. The molecule has 1 unspecified atom stereocenters. The van der Waals surface area contributed by atoms with Crippen LogP contribution in [-0.2, 0) is 0 Å². The van der Waals surface area contributed by atoms with Crippen molar-refractivity contribution in [2.45, 2.75) is 13.1 Å². The highest BCUT2D eigenvalue weighted by atomic mass is 32.2. The summed E-state index contributed by atoms with van der Waals surface area (Å²) in [5.74, 6) is 0. The Bertz CT molecular complexity index is 71.2. The fourth-order valence-electron chi connectivity index (χ4n) is 0.218. The van der Waals surface area contributed by atoms with E-state index in [-0.39, 0.29) is 6.17 Å². The van der Waals surface area contributed by atoms with Gasteiger partial charge in [-0.2, -0.15) is 5.11 Å². The van der Waals surface area contributed by atoms with Gasteiger partial charge in [-0.05, 0) is 6.92 Å². The van der Waals surface area contributed by atoms with Gasteiger partial charge >= 0.3 is 0 Å². The summed E-state index contributed by atoms with van der Waals surface area (Å²) in [5, 5.41) is 3.71. The Labute approximate surface area is 40.5 Å². The van der Waals surface area contributed by atoms with Gasteiger partial charge < -0.3 is 0 Å². The van der Waals surface area contributed by atoms with Gasteiger partial charge in [0.05, 0.1) is 12.1 Å². The van der Waals surface area contributed by atoms with Crippen LogP contribution in [0.1, 0.15) is 6.92 Å². The maximum absolute atomic E-state index is 3.71. The molecule has 0 saturated heterocycles. The van der Waals surface area contributed by atoms with Gasteiger partial charge in [0.1, 0.15) is 6.17 Å². The van der Waals surface area contributed by atoms with Crippen LogP contribution in [0, 0.1) is 0 Å². The zero-order valence-electron chi connectivity index (χ0n) is 3.38. The second-order valence-corrected chi connectivity index (χ2v) is 1.66. The first-order chi connectivity index (χ1) is 2.89. The second kappa shape index (κ2) is 1.57. The van der Waals surface area contributed by atoms with Crippen molar-refractivity contribution in [2.24, 2.45) is 9.63 Å². The maximum Gasteiger partial charge on any atom is 0.129 e. The van der Waals surface area contributed by atoms with E-state index in [0.717, 1.165) is 0 Å². The minimum Gasteiger partial charge on any atom is -0.218 e. The normalized spacial score (nSPS) is 31.8. The molecule has 0 amide bonds. The lowest BCUT2D eigenvalue weighted by Gasteiger charge is -1.87. The number of nitrogens with one attached hydrogen (secondary N) is 1. The molecule has 1 heterocycles. The van der Waals surface area contributed by atoms with Crippen LogP contribution < -0.4 is 4.72 Å². The minimum atomic E-state index is 0.218. The molecule has 0 spiro atoms. The van der Waals surface area contributed by atoms with Crippen molar-refractivity contribution in [3.8, 4) is 0 Å². The third kappa shape index (κ3) is 0.693. The van der Waals surface area contributed by atoms with Crippen LogP contribution in [0.2, 0.25) is 0 Å². The monoisotopic (exact) mass is 103 g/mol. The molecular weight excluding hydrogens is 98.1 g/mol. The van der Waals surface area contributed by atoms with Gasteiger partial charge in [0.25, 0.3) is 0 Å². The van der Waals surface area contributed by atoms with Gasteiger partial charge in [0.15, 0.2) is 0 Å². The van der Waals surface area contributed by atoms with Crippen molar-refractivity contribution < 1.29 is 0 Å². The Morgan fingerprint density at radius 2 is 2.67 bits per heavy atom. The molecule has 0 aliphatic carbocycles. The number of hydrogen-bond acceptors (Lipinski definition) is 4. The van der Waals surface area contributed by atoms with E-state index in [9.17, 15) is 0 Å². The topological polar surface area (TPSA) is 36.8 Å². The fraction of sp³-hybridized carbons (Fsp3) is 1.00. The molecule has 1 aliphatic rings. The highest BCUT2D eigenvalue weighted by Crippen LogP contribution is 2.07. The smallest absolute Gasteiger partial charge is 0.129 e. The van der Waals surface area contributed by atoms with Crippen LogP contribution in [0.15, 0.2) is 9.63 Å². The minimum absolute atomic E-state index is 0.218. The van der Waals surface area contributed by atoms with Gasteiger partial charge in [0, 0.05) is 0 Å². The molecule has 0 saturated carbocycles. The van der Waals surface area contributed by atoms with E-state index in [4.69, 9.17) is 0 Å². The van der Waals surface area contributed by atoms with Gasteiger partial charge in [0.2, 0.25) is 0 Å². The molecule has 4 heteroatoms. The summed E-state index contributed by atoms with van der Waals surface area (Å²) in [6, 6.07) is 0. The lowest BCUT2D eigenvalue weighted by atomic mass is 10.7. The molecule has 0 bridgehead atoms. The summed E-state index contributed by atoms with van der Waals surface area (Å²) in [5.41, 5.74) is 0. The summed E-state index contributed by atoms with van der Waals surface area (Å²) in [6.45, 7) is 1.95. The van der Waals surface area contributed by atoms with Gasteiger partial charge in [-0.15, -0.1) is 4.52 Å². The fourth-order valence-corrected chi connectivity index (χ4v) is 0.653. The van der Waals surface area contributed by atoms with Crippen molar-refractivity contribution in [2.75, 3.05) is 0 Å². The molecule has 1 atom stereocenters. The molecule has 3 nitrogen and oxygen atoms in total. The van der Waals surface area contributed by atoms with Crippen molar-refractivity contribution in [1.29, 1.82) is 0 Å². The quantitative estimate of drug-likeness (QED) is 0.463. The Kier molecular flexibility index (Phi) is 1.07. The average molecular weight is 103 g/mol. The van der Waals surface area contributed by atoms with Crippen LogP contribution in [0.3, 0.4) is 0 Å². The Morgan fingerprint density at radius 1 is 1.83 bits per heavy atom. The average Bonchev–Trinajstić information content (AvgIpc) is 1.86. The first kappa shape index (κ1) is 4.08. The van der Waals surface area contributed by atoms with Crippen LogP contribution in [0.5, 0.6) is 0 Å². The van der Waals surface area contributed by atoms with E-state index >= 15 is 0 Å². The first-order valence-electron chi connectivity index (χ1n) is 1.71. The zero-order valence-corrected chi connectivity index (χ0v) is 4.20. The van der Waals surface area contributed by atoms with Crippen LogP contribution in [0.25, 0.3) is 0 Å². The summed E-state index contributed by atoms with van der Waals surface area (Å²) in [7, 11) is 0. The Hall–Kier alpha value is -0.0900. The SMILES string of the molecule is CC1N=NSN1. The molecular formula is C2H5N3S. The van der Waals surface area contributed by atoms with E-state index in [1.165, 1.54) is 12.1 Å². The summed E-state index contributed by atoms with van der Waals surface area (Å²) >= 11 is 1.29. The lowest BCUT2D eigenvalue weighted by Crippen LogP contribution is -2.08. The summed E-state index contributed by atoms with van der Waals surface area (Å²) < 4.78 is 6.50. The van der Waals surface area contributed by atoms with Crippen molar-refractivity contribution >= 4 is 12.1 Å². The lowest BCUT2D eigenvalue weighted by molar-refractivity contribution is 0.732. The van der Waals surface area contributed by atoms with E-state index in [1.54, 1.807) is 0 Å². The summed E-state index contributed by atoms with van der Waals surface area (Å²) in [6.07, 6.45) is 0.218. The third-order valence-electron chi connectivity index (χ3n) is 0.484. The highest BCUT2D eigenvalue weighted by molar-refractivity contribution is 7.96. The summed E-state index contributed by atoms with van der Waals surface area (Å²) in [4.78, 5) is 0. The van der Waals surface area contributed by atoms with E-state index in [0.29, 0.717) is 0 Å². The predicted octanol–water partition coefficient (Wildman–Crippen LogP) is 0.951. The largest absolute Gasteiger partial charge is 0.218 e. The third-order valence-corrected chi connectivity index (χ3v) is 1.11. The molecule has 6 heavy (non-hydrogen) atoms. The van der Waals surface area contributed by atoms with Crippen LogP contribution >= 0.6 is 12.1 Å². The van der Waals surface area contributed by atoms with Crippen molar-refractivity contribution in [3.63, 3.8) is 0 Å². The van der Waals surface area contributed by atoms with Crippen LogP contribution in [-0.4, -0.2) is 6.17 Å². The van der Waals surface area contributed by atoms with E-state index < -0.39 is 0 Å². The highest BCUT2D eigenvalue weighted by Gasteiger charge is 2.01. The van der Waals surface area contributed by atoms with Gasteiger partial charge in [-0.3, -0.25) is 0 Å². The van der Waals surface area contributed by atoms with Crippen molar-refractivity contribution in [3.05, 3.63) is 0 Å². The molecule has 34 valence electrons. The molecule has 1 rings (SSSR count). The number of rotatable bonds is 0. The Morgan fingerprint density at radius 3 is 2.83 bits per heavy atom. The predicted molar refractivity (Wildman–Crippen MR) is 25.0 cm³/mol. The van der Waals surface area contributed by atoms with Crippen molar-refractivity contribution in [1.82, 2.24) is 4.72 Å². The van der Waals surface area contributed by atoms with E-state index in [2.05, 4.69) is 14.4 Å². The molecule has 0 aromatic heterocycles. The maximum atomic E-state index is 3.71. The molecule has 1 aliphatic heterocycles. The number of hydrogen-bond donors (Lipinski definition) is 1. The molecule has 0 radical (unpaired) electrons. The first-order valence-corrected chi connectivity index (χ1v) is 2.48. The zero-order chi connectivity index (χ0) is 4.41.